The van der Waals surface area contributed by atoms with Gasteiger partial charge in [0.25, 0.3) is 5.91 Å². The van der Waals surface area contributed by atoms with Gasteiger partial charge in [0, 0.05) is 18.1 Å². The molecule has 0 spiro atoms. The smallest absolute Gasteiger partial charge is 0.256 e. The highest BCUT2D eigenvalue weighted by molar-refractivity contribution is 6.00. The lowest BCUT2D eigenvalue weighted by molar-refractivity contribution is 0.0246. The number of likely N-dealkylation sites (tertiary alicyclic amines) is 1. The van der Waals surface area contributed by atoms with Crippen LogP contribution in [0.15, 0.2) is 30.5 Å². The largest absolute Gasteiger partial charge is 0.394 e. The maximum Gasteiger partial charge on any atom is 0.256 e. The molecule has 2 aromatic rings. The quantitative estimate of drug-likeness (QED) is 0.926. The van der Waals surface area contributed by atoms with Crippen LogP contribution >= 0.6 is 0 Å². The molecule has 122 valence electrons. The molecule has 1 aliphatic heterocycles. The van der Waals surface area contributed by atoms with Crippen molar-refractivity contribution in [2.45, 2.75) is 39.7 Å². The topological polar surface area (TPSA) is 53.4 Å². The molecule has 1 fully saturated rings. The molecule has 1 aliphatic rings. The van der Waals surface area contributed by atoms with Crippen molar-refractivity contribution in [1.29, 1.82) is 0 Å². The number of fused-ring (bicyclic) bond motifs is 1. The fourth-order valence-corrected chi connectivity index (χ4v) is 3.46. The van der Waals surface area contributed by atoms with E-state index in [0.717, 1.165) is 29.3 Å². The van der Waals surface area contributed by atoms with Crippen molar-refractivity contribution in [2.75, 3.05) is 13.2 Å². The summed E-state index contributed by atoms with van der Waals surface area (Å²) in [6.07, 6.45) is 3.54. The van der Waals surface area contributed by atoms with Crippen LogP contribution in [0.2, 0.25) is 0 Å². The summed E-state index contributed by atoms with van der Waals surface area (Å²) >= 11 is 0. The van der Waals surface area contributed by atoms with E-state index < -0.39 is 0 Å². The van der Waals surface area contributed by atoms with E-state index in [1.165, 1.54) is 0 Å². The molecule has 1 N–H and O–H groups in total. The molecule has 2 heterocycles. The highest BCUT2D eigenvalue weighted by Crippen LogP contribution is 2.33. The second-order valence-corrected chi connectivity index (χ2v) is 7.29. The van der Waals surface area contributed by atoms with Crippen LogP contribution in [-0.4, -0.2) is 40.1 Å². The highest BCUT2D eigenvalue weighted by Gasteiger charge is 2.36. The van der Waals surface area contributed by atoms with Crippen LogP contribution in [0.3, 0.4) is 0 Å². The molecule has 4 nitrogen and oxygen atoms in total. The third-order valence-corrected chi connectivity index (χ3v) is 4.94. The van der Waals surface area contributed by atoms with E-state index in [2.05, 4.69) is 18.8 Å². The van der Waals surface area contributed by atoms with Crippen molar-refractivity contribution in [3.05, 3.63) is 41.6 Å². The Labute approximate surface area is 137 Å². The number of carbonyl (C=O) groups is 1. The van der Waals surface area contributed by atoms with Gasteiger partial charge in [-0.05, 0) is 36.8 Å². The number of aryl methyl sites for hydroxylation is 1. The summed E-state index contributed by atoms with van der Waals surface area (Å²) in [6.45, 7) is 7.00. The Morgan fingerprint density at radius 3 is 2.87 bits per heavy atom. The van der Waals surface area contributed by atoms with Gasteiger partial charge in [0.05, 0.1) is 23.7 Å². The van der Waals surface area contributed by atoms with Crippen molar-refractivity contribution in [3.8, 4) is 0 Å². The van der Waals surface area contributed by atoms with Crippen molar-refractivity contribution >= 4 is 16.8 Å². The molecular formula is C19H24N2O2. The average Bonchev–Trinajstić information content (AvgIpc) is 2.54. The maximum absolute atomic E-state index is 13.1. The number of hydrogen-bond donors (Lipinski definition) is 1. The summed E-state index contributed by atoms with van der Waals surface area (Å²) in [5, 5.41) is 10.7. The van der Waals surface area contributed by atoms with Gasteiger partial charge in [-0.3, -0.25) is 9.78 Å². The van der Waals surface area contributed by atoms with Gasteiger partial charge in [0.15, 0.2) is 0 Å². The van der Waals surface area contributed by atoms with Gasteiger partial charge < -0.3 is 10.0 Å². The third-order valence-electron chi connectivity index (χ3n) is 4.94. The van der Waals surface area contributed by atoms with Crippen LogP contribution in [0.25, 0.3) is 10.9 Å². The highest BCUT2D eigenvalue weighted by atomic mass is 16.3. The minimum Gasteiger partial charge on any atom is -0.394 e. The molecule has 0 aliphatic carbocycles. The van der Waals surface area contributed by atoms with E-state index >= 15 is 0 Å². The fraction of sp³-hybridized carbons (Fsp3) is 0.474. The first-order valence-electron chi connectivity index (χ1n) is 8.19. The summed E-state index contributed by atoms with van der Waals surface area (Å²) in [5.41, 5.74) is 2.58. The Morgan fingerprint density at radius 2 is 2.13 bits per heavy atom. The Kier molecular flexibility index (Phi) is 4.11. The number of pyridine rings is 1. The minimum atomic E-state index is -0.0959. The van der Waals surface area contributed by atoms with E-state index in [-0.39, 0.29) is 24.0 Å². The molecule has 4 heteroatoms. The second kappa shape index (κ2) is 5.93. The molecule has 3 rings (SSSR count). The summed E-state index contributed by atoms with van der Waals surface area (Å²) in [7, 11) is 0. The van der Waals surface area contributed by atoms with Gasteiger partial charge in [-0.2, -0.15) is 0 Å². The van der Waals surface area contributed by atoms with Crippen LogP contribution in [0, 0.1) is 12.3 Å². The van der Waals surface area contributed by atoms with E-state index in [9.17, 15) is 9.90 Å². The first-order valence-corrected chi connectivity index (χ1v) is 8.19. The van der Waals surface area contributed by atoms with E-state index in [1.54, 1.807) is 6.20 Å². The standard InChI is InChI=1S/C19H24N2O2/c1-13-15-6-4-5-7-17(15)20-10-16(13)18(23)21-12-19(2,3)9-8-14(21)11-22/h4-7,10,14,22H,8-9,11-12H2,1-3H3. The van der Waals surface area contributed by atoms with Gasteiger partial charge in [0.1, 0.15) is 0 Å². The number of aromatic nitrogens is 1. The van der Waals surface area contributed by atoms with Crippen LogP contribution in [-0.2, 0) is 0 Å². The lowest BCUT2D eigenvalue weighted by atomic mass is 9.81. The molecule has 0 saturated carbocycles. The zero-order valence-electron chi connectivity index (χ0n) is 14.0. The number of hydrogen-bond acceptors (Lipinski definition) is 3. The number of rotatable bonds is 2. The van der Waals surface area contributed by atoms with E-state index in [1.807, 2.05) is 36.1 Å². The molecule has 23 heavy (non-hydrogen) atoms. The second-order valence-electron chi connectivity index (χ2n) is 7.29. The Morgan fingerprint density at radius 1 is 1.39 bits per heavy atom. The molecule has 1 aromatic heterocycles. The SMILES string of the molecule is Cc1c(C(=O)N2CC(C)(C)CCC2CO)cnc2ccccc12. The summed E-state index contributed by atoms with van der Waals surface area (Å²) in [4.78, 5) is 19.4. The first kappa shape index (κ1) is 15.9. The van der Waals surface area contributed by atoms with Crippen LogP contribution in [0.5, 0.6) is 0 Å². The van der Waals surface area contributed by atoms with Crippen molar-refractivity contribution < 1.29 is 9.90 Å². The maximum atomic E-state index is 13.1. The number of aliphatic hydroxyl groups excluding tert-OH is 1. The van der Waals surface area contributed by atoms with Crippen molar-refractivity contribution in [1.82, 2.24) is 9.88 Å². The number of para-hydroxylation sites is 1. The zero-order valence-corrected chi connectivity index (χ0v) is 14.0. The zero-order chi connectivity index (χ0) is 16.6. The Bertz CT molecular complexity index is 739. The molecule has 1 aromatic carbocycles. The fourth-order valence-electron chi connectivity index (χ4n) is 3.46. The van der Waals surface area contributed by atoms with E-state index in [4.69, 9.17) is 0 Å². The average molecular weight is 312 g/mol. The van der Waals surface area contributed by atoms with Gasteiger partial charge in [-0.1, -0.05) is 32.0 Å². The number of aliphatic hydroxyl groups is 1. The lowest BCUT2D eigenvalue weighted by Crippen LogP contribution is -2.51. The Hall–Kier alpha value is -1.94. The summed E-state index contributed by atoms with van der Waals surface area (Å²) < 4.78 is 0. The van der Waals surface area contributed by atoms with Gasteiger partial charge in [0.2, 0.25) is 0 Å². The molecular weight excluding hydrogens is 288 g/mol. The van der Waals surface area contributed by atoms with Crippen molar-refractivity contribution in [3.63, 3.8) is 0 Å². The Balaban J connectivity index is 2.00. The predicted octanol–water partition coefficient (Wildman–Crippen LogP) is 3.17. The number of amides is 1. The van der Waals surface area contributed by atoms with E-state index in [0.29, 0.717) is 12.1 Å². The van der Waals surface area contributed by atoms with Crippen LogP contribution in [0.1, 0.15) is 42.6 Å². The normalized spacial score (nSPS) is 20.7. The van der Waals surface area contributed by atoms with Crippen molar-refractivity contribution in [2.24, 2.45) is 5.41 Å². The van der Waals surface area contributed by atoms with Gasteiger partial charge in [-0.25, -0.2) is 0 Å². The predicted molar refractivity (Wildman–Crippen MR) is 91.4 cm³/mol. The number of piperidine rings is 1. The van der Waals surface area contributed by atoms with Gasteiger partial charge >= 0.3 is 0 Å². The van der Waals surface area contributed by atoms with Crippen LogP contribution < -0.4 is 0 Å². The molecule has 1 saturated heterocycles. The number of benzene rings is 1. The number of carbonyl (C=O) groups excluding carboxylic acids is 1. The number of nitrogens with zero attached hydrogens (tertiary/aromatic N) is 2. The molecule has 0 radical (unpaired) electrons. The minimum absolute atomic E-state index is 0.0158. The van der Waals surface area contributed by atoms with Crippen LogP contribution in [0.4, 0.5) is 0 Å². The van der Waals surface area contributed by atoms with Gasteiger partial charge in [-0.15, -0.1) is 0 Å². The molecule has 1 amide bonds. The lowest BCUT2D eigenvalue weighted by Gasteiger charge is -2.43. The molecule has 1 unspecified atom stereocenters. The monoisotopic (exact) mass is 312 g/mol. The third kappa shape index (κ3) is 2.95. The summed E-state index contributed by atoms with van der Waals surface area (Å²) in [6, 6.07) is 7.77. The first-order chi connectivity index (χ1) is 10.9. The molecule has 1 atom stereocenters. The summed E-state index contributed by atoms with van der Waals surface area (Å²) in [5.74, 6) is -0.0208. The molecule has 0 bridgehead atoms.